The first-order valence-electron chi connectivity index (χ1n) is 5.68. The van der Waals surface area contributed by atoms with Gasteiger partial charge >= 0.3 is 11.9 Å². The molecule has 0 atom stereocenters. The van der Waals surface area contributed by atoms with Crippen molar-refractivity contribution in [3.8, 4) is 0 Å². The standard InChI is InChI=1S/C12H7ClF3N3O3/c13-5-1-2-7(6(3-5)12(14,15)16)17-10(21)8-4-9(20)19-11(22)18-8/h1-4H,(H,17,21)(H2,18,19,20,22). The molecule has 116 valence electrons. The number of halogens is 4. The summed E-state index contributed by atoms with van der Waals surface area (Å²) in [6, 6.07) is 3.53. The van der Waals surface area contributed by atoms with Crippen LogP contribution in [0.15, 0.2) is 33.9 Å². The third-order valence-electron chi connectivity index (χ3n) is 2.54. The van der Waals surface area contributed by atoms with E-state index in [0.717, 1.165) is 18.2 Å². The summed E-state index contributed by atoms with van der Waals surface area (Å²) >= 11 is 5.51. The highest BCUT2D eigenvalue weighted by Gasteiger charge is 2.34. The molecule has 2 rings (SSSR count). The van der Waals surface area contributed by atoms with Crippen LogP contribution in [0.5, 0.6) is 0 Å². The smallest absolute Gasteiger partial charge is 0.320 e. The van der Waals surface area contributed by atoms with E-state index in [4.69, 9.17) is 11.6 Å². The van der Waals surface area contributed by atoms with E-state index in [1.54, 1.807) is 0 Å². The van der Waals surface area contributed by atoms with Gasteiger partial charge in [0.15, 0.2) is 0 Å². The number of rotatable bonds is 2. The summed E-state index contributed by atoms with van der Waals surface area (Å²) in [6.07, 6.45) is -4.74. The largest absolute Gasteiger partial charge is 0.418 e. The maximum atomic E-state index is 12.9. The molecule has 2 aromatic rings. The van der Waals surface area contributed by atoms with Gasteiger partial charge in [-0.1, -0.05) is 11.6 Å². The molecule has 0 unspecified atom stereocenters. The van der Waals surface area contributed by atoms with Crippen LogP contribution in [0.3, 0.4) is 0 Å². The number of carbonyl (C=O) groups is 1. The molecule has 1 aromatic carbocycles. The Labute approximate surface area is 124 Å². The number of hydrogen-bond acceptors (Lipinski definition) is 3. The lowest BCUT2D eigenvalue weighted by atomic mass is 10.1. The van der Waals surface area contributed by atoms with E-state index in [1.807, 2.05) is 15.3 Å². The summed E-state index contributed by atoms with van der Waals surface area (Å²) in [5.74, 6) is -1.07. The zero-order chi connectivity index (χ0) is 16.5. The van der Waals surface area contributed by atoms with E-state index in [1.165, 1.54) is 0 Å². The Hall–Kier alpha value is -2.55. The molecule has 0 aliphatic carbocycles. The van der Waals surface area contributed by atoms with Crippen molar-refractivity contribution in [2.45, 2.75) is 6.18 Å². The highest BCUT2D eigenvalue weighted by Crippen LogP contribution is 2.36. The Morgan fingerprint density at radius 1 is 1.14 bits per heavy atom. The molecule has 0 bridgehead atoms. The molecular formula is C12H7ClF3N3O3. The van der Waals surface area contributed by atoms with Crippen LogP contribution in [-0.4, -0.2) is 15.9 Å². The molecule has 6 nitrogen and oxygen atoms in total. The first kappa shape index (κ1) is 15.8. The van der Waals surface area contributed by atoms with E-state index in [2.05, 4.69) is 0 Å². The van der Waals surface area contributed by atoms with Crippen LogP contribution in [0, 0.1) is 0 Å². The summed E-state index contributed by atoms with van der Waals surface area (Å²) in [5, 5.41) is 1.82. The van der Waals surface area contributed by atoms with Gasteiger partial charge in [0.1, 0.15) is 5.69 Å². The molecule has 0 spiro atoms. The molecule has 0 saturated heterocycles. The number of hydrogen-bond donors (Lipinski definition) is 3. The van der Waals surface area contributed by atoms with E-state index < -0.39 is 40.3 Å². The minimum atomic E-state index is -4.74. The van der Waals surface area contributed by atoms with Gasteiger partial charge in [-0.15, -0.1) is 0 Å². The molecule has 0 aliphatic rings. The van der Waals surface area contributed by atoms with Gasteiger partial charge in [0.25, 0.3) is 11.5 Å². The van der Waals surface area contributed by atoms with Crippen LogP contribution in [0.25, 0.3) is 0 Å². The van der Waals surface area contributed by atoms with Crippen LogP contribution in [-0.2, 0) is 6.18 Å². The molecule has 10 heteroatoms. The fourth-order valence-corrected chi connectivity index (χ4v) is 1.81. The Kier molecular flexibility index (Phi) is 4.09. The molecule has 1 heterocycles. The third kappa shape index (κ3) is 3.55. The van der Waals surface area contributed by atoms with Gasteiger partial charge in [-0.05, 0) is 18.2 Å². The van der Waals surface area contributed by atoms with E-state index in [0.29, 0.717) is 6.07 Å². The van der Waals surface area contributed by atoms with Gasteiger partial charge in [0, 0.05) is 11.1 Å². The Balaban J connectivity index is 2.40. The van der Waals surface area contributed by atoms with Crippen molar-refractivity contribution >= 4 is 23.2 Å². The highest BCUT2D eigenvalue weighted by atomic mass is 35.5. The molecule has 1 amide bonds. The Morgan fingerprint density at radius 3 is 2.41 bits per heavy atom. The first-order valence-corrected chi connectivity index (χ1v) is 6.06. The zero-order valence-electron chi connectivity index (χ0n) is 10.5. The minimum absolute atomic E-state index is 0.158. The number of nitrogens with one attached hydrogen (secondary N) is 3. The van der Waals surface area contributed by atoms with Crippen LogP contribution >= 0.6 is 11.6 Å². The summed E-state index contributed by atoms with van der Waals surface area (Å²) < 4.78 is 38.7. The van der Waals surface area contributed by atoms with Gasteiger partial charge in [-0.2, -0.15) is 13.2 Å². The number of amides is 1. The molecule has 3 N–H and O–H groups in total. The normalized spacial score (nSPS) is 11.3. The molecule has 0 aliphatic heterocycles. The second-order valence-electron chi connectivity index (χ2n) is 4.14. The lowest BCUT2D eigenvalue weighted by Gasteiger charge is -2.14. The summed E-state index contributed by atoms with van der Waals surface area (Å²) in [5.41, 5.74) is -3.99. The predicted molar refractivity (Wildman–Crippen MR) is 72.1 cm³/mol. The summed E-state index contributed by atoms with van der Waals surface area (Å²) in [6.45, 7) is 0. The second kappa shape index (κ2) is 5.68. The van der Waals surface area contributed by atoms with Crippen LogP contribution in [0.1, 0.15) is 16.1 Å². The molecular weight excluding hydrogens is 327 g/mol. The fourth-order valence-electron chi connectivity index (χ4n) is 1.64. The molecule has 1 aromatic heterocycles. The van der Waals surface area contributed by atoms with Gasteiger partial charge < -0.3 is 10.3 Å². The Morgan fingerprint density at radius 2 is 1.82 bits per heavy atom. The van der Waals surface area contributed by atoms with Crippen molar-refractivity contribution in [2.24, 2.45) is 0 Å². The van der Waals surface area contributed by atoms with Crippen molar-refractivity contribution in [2.75, 3.05) is 5.32 Å². The quantitative estimate of drug-likeness (QED) is 0.784. The number of anilines is 1. The Bertz CT molecular complexity index is 813. The topological polar surface area (TPSA) is 94.8 Å². The maximum absolute atomic E-state index is 12.9. The summed E-state index contributed by atoms with van der Waals surface area (Å²) in [4.78, 5) is 37.8. The van der Waals surface area contributed by atoms with Crippen LogP contribution in [0.4, 0.5) is 18.9 Å². The zero-order valence-corrected chi connectivity index (χ0v) is 11.3. The monoisotopic (exact) mass is 333 g/mol. The van der Waals surface area contributed by atoms with Crippen molar-refractivity contribution in [3.63, 3.8) is 0 Å². The van der Waals surface area contributed by atoms with Crippen molar-refractivity contribution in [3.05, 3.63) is 61.4 Å². The number of H-pyrrole nitrogens is 2. The molecule has 22 heavy (non-hydrogen) atoms. The van der Waals surface area contributed by atoms with Gasteiger partial charge in [-0.3, -0.25) is 14.6 Å². The maximum Gasteiger partial charge on any atom is 0.418 e. The fraction of sp³-hybridized carbons (Fsp3) is 0.0833. The van der Waals surface area contributed by atoms with Crippen LogP contribution in [0.2, 0.25) is 5.02 Å². The number of alkyl halides is 3. The number of carbonyl (C=O) groups excluding carboxylic acids is 1. The lowest BCUT2D eigenvalue weighted by molar-refractivity contribution is -0.136. The van der Waals surface area contributed by atoms with Gasteiger partial charge in [0.05, 0.1) is 11.3 Å². The van der Waals surface area contributed by atoms with Gasteiger partial charge in [0.2, 0.25) is 0 Å². The van der Waals surface area contributed by atoms with E-state index in [9.17, 15) is 27.6 Å². The van der Waals surface area contributed by atoms with Crippen molar-refractivity contribution in [1.29, 1.82) is 0 Å². The number of aromatic nitrogens is 2. The predicted octanol–water partition coefficient (Wildman–Crippen LogP) is 1.99. The number of benzene rings is 1. The molecule has 0 radical (unpaired) electrons. The number of aromatic amines is 2. The van der Waals surface area contributed by atoms with Gasteiger partial charge in [-0.25, -0.2) is 4.79 Å². The average molecular weight is 334 g/mol. The first-order chi connectivity index (χ1) is 10.2. The molecule has 0 fully saturated rings. The molecule has 0 saturated carbocycles. The van der Waals surface area contributed by atoms with Crippen LogP contribution < -0.4 is 16.6 Å². The van der Waals surface area contributed by atoms with Crippen molar-refractivity contribution in [1.82, 2.24) is 9.97 Å². The minimum Gasteiger partial charge on any atom is -0.320 e. The highest BCUT2D eigenvalue weighted by molar-refractivity contribution is 6.30. The summed E-state index contributed by atoms with van der Waals surface area (Å²) in [7, 11) is 0. The van der Waals surface area contributed by atoms with E-state index >= 15 is 0 Å². The lowest BCUT2D eigenvalue weighted by Crippen LogP contribution is -2.27. The van der Waals surface area contributed by atoms with Crippen molar-refractivity contribution < 1.29 is 18.0 Å². The SMILES string of the molecule is O=C(Nc1ccc(Cl)cc1C(F)(F)F)c1cc(=O)[nH]c(=O)[nH]1. The average Bonchev–Trinajstić information content (AvgIpc) is 2.38. The third-order valence-corrected chi connectivity index (χ3v) is 2.78. The van der Waals surface area contributed by atoms with E-state index in [-0.39, 0.29) is 5.02 Å². The second-order valence-corrected chi connectivity index (χ2v) is 4.58.